The summed E-state index contributed by atoms with van der Waals surface area (Å²) >= 11 is 0. The maximum atomic E-state index is 3.65. The Bertz CT molecular complexity index is 142. The van der Waals surface area contributed by atoms with E-state index in [-0.39, 0.29) is 0 Å². The minimum Gasteiger partial charge on any atom is -0.314 e. The molecule has 0 aromatic carbocycles. The van der Waals surface area contributed by atoms with Crippen molar-refractivity contribution in [2.75, 3.05) is 6.54 Å². The molecule has 1 heterocycles. The SMILES string of the molecule is CCC(C)C1CC(C(C)C)CCN1. The van der Waals surface area contributed by atoms with Gasteiger partial charge < -0.3 is 5.32 Å². The first-order valence-corrected chi connectivity index (χ1v) is 5.88. The fraction of sp³-hybridized carbons (Fsp3) is 1.00. The summed E-state index contributed by atoms with van der Waals surface area (Å²) in [6, 6.07) is 0.783. The molecule has 1 heteroatoms. The van der Waals surface area contributed by atoms with E-state index < -0.39 is 0 Å². The van der Waals surface area contributed by atoms with Crippen LogP contribution in [0.15, 0.2) is 0 Å². The Morgan fingerprint density at radius 2 is 2.00 bits per heavy atom. The van der Waals surface area contributed by atoms with Gasteiger partial charge in [-0.15, -0.1) is 0 Å². The van der Waals surface area contributed by atoms with E-state index in [0.29, 0.717) is 0 Å². The van der Waals surface area contributed by atoms with Crippen molar-refractivity contribution >= 4 is 0 Å². The lowest BCUT2D eigenvalue weighted by Gasteiger charge is -2.35. The topological polar surface area (TPSA) is 12.0 Å². The van der Waals surface area contributed by atoms with Crippen molar-refractivity contribution < 1.29 is 0 Å². The van der Waals surface area contributed by atoms with Crippen molar-refractivity contribution in [1.29, 1.82) is 0 Å². The molecule has 0 spiro atoms. The van der Waals surface area contributed by atoms with Crippen LogP contribution in [-0.2, 0) is 0 Å². The molecule has 0 radical (unpaired) electrons. The van der Waals surface area contributed by atoms with Crippen LogP contribution in [0.4, 0.5) is 0 Å². The predicted molar refractivity (Wildman–Crippen MR) is 58.8 cm³/mol. The molecule has 1 rings (SSSR count). The largest absolute Gasteiger partial charge is 0.314 e. The molecule has 1 aliphatic heterocycles. The Morgan fingerprint density at radius 1 is 1.31 bits per heavy atom. The average Bonchev–Trinajstić information content (AvgIpc) is 2.17. The fourth-order valence-corrected chi connectivity index (χ4v) is 2.30. The Hall–Kier alpha value is -0.0400. The van der Waals surface area contributed by atoms with Gasteiger partial charge in [0.15, 0.2) is 0 Å². The first-order valence-electron chi connectivity index (χ1n) is 5.88. The number of nitrogens with one attached hydrogen (secondary N) is 1. The van der Waals surface area contributed by atoms with E-state index in [1.165, 1.54) is 25.8 Å². The van der Waals surface area contributed by atoms with E-state index in [1.807, 2.05) is 0 Å². The molecule has 1 aliphatic rings. The van der Waals surface area contributed by atoms with Gasteiger partial charge in [0.1, 0.15) is 0 Å². The van der Waals surface area contributed by atoms with Gasteiger partial charge in [-0.05, 0) is 37.1 Å². The molecule has 0 bridgehead atoms. The first-order chi connectivity index (χ1) is 6.15. The smallest absolute Gasteiger partial charge is 0.00953 e. The average molecular weight is 183 g/mol. The van der Waals surface area contributed by atoms with E-state index >= 15 is 0 Å². The highest BCUT2D eigenvalue weighted by Gasteiger charge is 2.26. The van der Waals surface area contributed by atoms with Crippen molar-refractivity contribution in [2.45, 2.75) is 53.0 Å². The minimum atomic E-state index is 0.783. The normalized spacial score (nSPS) is 32.1. The Balaban J connectivity index is 2.41. The van der Waals surface area contributed by atoms with Crippen LogP contribution in [-0.4, -0.2) is 12.6 Å². The lowest BCUT2D eigenvalue weighted by molar-refractivity contribution is 0.202. The van der Waals surface area contributed by atoms with E-state index in [1.54, 1.807) is 0 Å². The molecule has 13 heavy (non-hydrogen) atoms. The van der Waals surface area contributed by atoms with E-state index in [4.69, 9.17) is 0 Å². The molecule has 0 aromatic heterocycles. The van der Waals surface area contributed by atoms with Crippen molar-refractivity contribution in [1.82, 2.24) is 5.32 Å². The molecule has 78 valence electrons. The minimum absolute atomic E-state index is 0.783. The van der Waals surface area contributed by atoms with Crippen LogP contribution in [0.25, 0.3) is 0 Å². The summed E-state index contributed by atoms with van der Waals surface area (Å²) in [6.07, 6.45) is 4.08. The second-order valence-electron chi connectivity index (χ2n) is 4.97. The highest BCUT2D eigenvalue weighted by Crippen LogP contribution is 2.27. The van der Waals surface area contributed by atoms with Crippen molar-refractivity contribution in [2.24, 2.45) is 17.8 Å². The number of hydrogen-bond acceptors (Lipinski definition) is 1. The van der Waals surface area contributed by atoms with Crippen LogP contribution in [0.5, 0.6) is 0 Å². The zero-order valence-electron chi connectivity index (χ0n) is 9.64. The third-order valence-electron chi connectivity index (χ3n) is 3.75. The van der Waals surface area contributed by atoms with Gasteiger partial charge in [-0.25, -0.2) is 0 Å². The highest BCUT2D eigenvalue weighted by molar-refractivity contribution is 4.82. The summed E-state index contributed by atoms with van der Waals surface area (Å²) in [7, 11) is 0. The van der Waals surface area contributed by atoms with Gasteiger partial charge in [-0.3, -0.25) is 0 Å². The lowest BCUT2D eigenvalue weighted by Crippen LogP contribution is -2.43. The van der Waals surface area contributed by atoms with Gasteiger partial charge in [0.05, 0.1) is 0 Å². The maximum Gasteiger partial charge on any atom is 0.00953 e. The molecule has 1 nitrogen and oxygen atoms in total. The molecule has 0 saturated carbocycles. The van der Waals surface area contributed by atoms with Crippen LogP contribution in [0.3, 0.4) is 0 Å². The van der Waals surface area contributed by atoms with Gasteiger partial charge in [0.2, 0.25) is 0 Å². The van der Waals surface area contributed by atoms with E-state index in [9.17, 15) is 0 Å². The zero-order valence-corrected chi connectivity index (χ0v) is 9.64. The number of rotatable bonds is 3. The molecule has 0 amide bonds. The van der Waals surface area contributed by atoms with Gasteiger partial charge in [0, 0.05) is 6.04 Å². The molecule has 1 N–H and O–H groups in total. The summed E-state index contributed by atoms with van der Waals surface area (Å²) in [5, 5.41) is 3.65. The summed E-state index contributed by atoms with van der Waals surface area (Å²) < 4.78 is 0. The maximum absolute atomic E-state index is 3.65. The van der Waals surface area contributed by atoms with Gasteiger partial charge in [-0.1, -0.05) is 34.1 Å². The molecular formula is C12H25N. The van der Waals surface area contributed by atoms with Gasteiger partial charge in [-0.2, -0.15) is 0 Å². The van der Waals surface area contributed by atoms with Crippen molar-refractivity contribution in [3.8, 4) is 0 Å². The van der Waals surface area contributed by atoms with Crippen molar-refractivity contribution in [3.05, 3.63) is 0 Å². The fourth-order valence-electron chi connectivity index (χ4n) is 2.30. The lowest BCUT2D eigenvalue weighted by atomic mass is 9.80. The quantitative estimate of drug-likeness (QED) is 0.709. The third-order valence-corrected chi connectivity index (χ3v) is 3.75. The summed E-state index contributed by atoms with van der Waals surface area (Å²) in [5.74, 6) is 2.68. The van der Waals surface area contributed by atoms with Crippen LogP contribution in [0, 0.1) is 17.8 Å². The second-order valence-corrected chi connectivity index (χ2v) is 4.97. The van der Waals surface area contributed by atoms with Crippen LogP contribution >= 0.6 is 0 Å². The van der Waals surface area contributed by atoms with Crippen molar-refractivity contribution in [3.63, 3.8) is 0 Å². The van der Waals surface area contributed by atoms with Gasteiger partial charge in [0.25, 0.3) is 0 Å². The molecule has 1 saturated heterocycles. The Kier molecular flexibility index (Phi) is 4.24. The molecule has 3 unspecified atom stereocenters. The second kappa shape index (κ2) is 4.99. The van der Waals surface area contributed by atoms with Crippen LogP contribution in [0.2, 0.25) is 0 Å². The Morgan fingerprint density at radius 3 is 2.54 bits per heavy atom. The molecule has 0 aliphatic carbocycles. The monoisotopic (exact) mass is 183 g/mol. The summed E-state index contributed by atoms with van der Waals surface area (Å²) in [5.41, 5.74) is 0. The summed E-state index contributed by atoms with van der Waals surface area (Å²) in [4.78, 5) is 0. The number of piperidine rings is 1. The predicted octanol–water partition coefficient (Wildman–Crippen LogP) is 3.06. The summed E-state index contributed by atoms with van der Waals surface area (Å²) in [6.45, 7) is 10.6. The zero-order chi connectivity index (χ0) is 9.84. The third kappa shape index (κ3) is 2.98. The van der Waals surface area contributed by atoms with Crippen LogP contribution < -0.4 is 5.32 Å². The standard InChI is InChI=1S/C12H25N/c1-5-10(4)12-8-11(9(2)3)6-7-13-12/h9-13H,5-8H2,1-4H3. The molecule has 1 fully saturated rings. The van der Waals surface area contributed by atoms with Crippen LogP contribution in [0.1, 0.15) is 47.0 Å². The van der Waals surface area contributed by atoms with Gasteiger partial charge >= 0.3 is 0 Å². The van der Waals surface area contributed by atoms with E-state index in [2.05, 4.69) is 33.0 Å². The van der Waals surface area contributed by atoms with E-state index in [0.717, 1.165) is 23.8 Å². The first kappa shape index (κ1) is 11.0. The highest BCUT2D eigenvalue weighted by atomic mass is 14.9. The molecule has 0 aromatic rings. The number of hydrogen-bond donors (Lipinski definition) is 1. The molecular weight excluding hydrogens is 158 g/mol. The molecule has 3 atom stereocenters. The Labute approximate surface area is 83.3 Å².